The third kappa shape index (κ3) is 3.61. The van der Waals surface area contributed by atoms with Crippen LogP contribution in [0.15, 0.2) is 60.8 Å². The number of para-hydroxylation sites is 1. The van der Waals surface area contributed by atoms with Gasteiger partial charge in [-0.05, 0) is 67.5 Å². The fourth-order valence-electron chi connectivity index (χ4n) is 4.39. The van der Waals surface area contributed by atoms with Gasteiger partial charge in [-0.25, -0.2) is 0 Å². The maximum Gasteiger partial charge on any atom is 0.244 e. The topological polar surface area (TPSA) is 57.8 Å². The number of H-pyrrole nitrogens is 1. The number of aromatic nitrogens is 2. The molecule has 1 unspecified atom stereocenters. The van der Waals surface area contributed by atoms with Gasteiger partial charge in [0.1, 0.15) is 0 Å². The number of rotatable bonds is 4. The van der Waals surface area contributed by atoms with Crippen LogP contribution in [0.1, 0.15) is 48.2 Å². The molecule has 4 aromatic rings. The third-order valence-electron chi connectivity index (χ3n) is 6.05. The van der Waals surface area contributed by atoms with Crippen molar-refractivity contribution in [2.75, 3.05) is 0 Å². The molecule has 1 atom stereocenters. The smallest absolute Gasteiger partial charge is 0.244 e. The predicted molar refractivity (Wildman–Crippen MR) is 122 cm³/mol. The van der Waals surface area contributed by atoms with Crippen LogP contribution >= 0.6 is 0 Å². The van der Waals surface area contributed by atoms with E-state index in [2.05, 4.69) is 45.6 Å². The molecule has 5 rings (SSSR count). The standard InChI is InChI=1S/C26H25N3O/c1-17(19-11-10-18-6-2-3-7-20(18)14-19)28-26(30)13-12-21-15-23-22-8-4-5-9-24(22)29-25(23)16-27-21/h4-5,8-17,29H,2-3,6-7H2,1H3,(H,28,30)/b13-12+. The normalized spacial score (nSPS) is 14.8. The number of hydrogen-bond acceptors (Lipinski definition) is 2. The van der Waals surface area contributed by atoms with E-state index in [1.807, 2.05) is 31.3 Å². The van der Waals surface area contributed by atoms with Gasteiger partial charge in [0.05, 0.1) is 23.4 Å². The van der Waals surface area contributed by atoms with Crippen molar-refractivity contribution in [1.29, 1.82) is 0 Å². The molecule has 0 saturated carbocycles. The van der Waals surface area contributed by atoms with Crippen LogP contribution < -0.4 is 5.32 Å². The molecule has 1 amide bonds. The summed E-state index contributed by atoms with van der Waals surface area (Å²) < 4.78 is 0. The van der Waals surface area contributed by atoms with Crippen molar-refractivity contribution in [2.45, 2.75) is 38.6 Å². The summed E-state index contributed by atoms with van der Waals surface area (Å²) in [7, 11) is 0. The number of carbonyl (C=O) groups is 1. The molecule has 0 saturated heterocycles. The van der Waals surface area contributed by atoms with Crippen LogP contribution in [0.25, 0.3) is 27.9 Å². The third-order valence-corrected chi connectivity index (χ3v) is 6.05. The zero-order valence-corrected chi connectivity index (χ0v) is 17.1. The van der Waals surface area contributed by atoms with E-state index in [1.165, 1.54) is 30.4 Å². The molecule has 30 heavy (non-hydrogen) atoms. The second kappa shape index (κ2) is 7.79. The summed E-state index contributed by atoms with van der Waals surface area (Å²) in [6, 6.07) is 16.8. The van der Waals surface area contributed by atoms with Crippen molar-refractivity contribution in [1.82, 2.24) is 15.3 Å². The van der Waals surface area contributed by atoms with Gasteiger partial charge >= 0.3 is 0 Å². The number of aromatic amines is 1. The summed E-state index contributed by atoms with van der Waals surface area (Å²) in [6.45, 7) is 2.03. The molecule has 0 spiro atoms. The van der Waals surface area contributed by atoms with Gasteiger partial charge in [-0.3, -0.25) is 9.78 Å². The average Bonchev–Trinajstić information content (AvgIpc) is 3.15. The number of nitrogens with one attached hydrogen (secondary N) is 2. The lowest BCUT2D eigenvalue weighted by atomic mass is 9.89. The fraction of sp³-hybridized carbons (Fsp3) is 0.231. The van der Waals surface area contributed by atoms with E-state index in [9.17, 15) is 4.79 Å². The summed E-state index contributed by atoms with van der Waals surface area (Å²) in [6.07, 6.45) is 10.0. The Morgan fingerprint density at radius 3 is 2.77 bits per heavy atom. The zero-order valence-electron chi connectivity index (χ0n) is 17.1. The first-order chi connectivity index (χ1) is 14.7. The van der Waals surface area contributed by atoms with Crippen molar-refractivity contribution in [2.24, 2.45) is 0 Å². The lowest BCUT2D eigenvalue weighted by Crippen LogP contribution is -2.24. The van der Waals surface area contributed by atoms with Crippen LogP contribution in [0, 0.1) is 0 Å². The highest BCUT2D eigenvalue weighted by molar-refractivity contribution is 6.07. The Morgan fingerprint density at radius 1 is 1.03 bits per heavy atom. The number of fused-ring (bicyclic) bond motifs is 4. The molecule has 1 aliphatic carbocycles. The van der Waals surface area contributed by atoms with Crippen molar-refractivity contribution < 1.29 is 4.79 Å². The van der Waals surface area contributed by atoms with Gasteiger partial charge in [-0.15, -0.1) is 0 Å². The SMILES string of the molecule is CC(NC(=O)/C=C/c1cc2c(cn1)[nH]c1ccccc12)c1ccc2c(c1)CCCC2. The lowest BCUT2D eigenvalue weighted by molar-refractivity contribution is -0.117. The molecule has 150 valence electrons. The number of hydrogen-bond donors (Lipinski definition) is 2. The minimum Gasteiger partial charge on any atom is -0.353 e. The maximum absolute atomic E-state index is 12.5. The van der Waals surface area contributed by atoms with E-state index in [0.717, 1.165) is 39.5 Å². The number of benzene rings is 2. The summed E-state index contributed by atoms with van der Waals surface area (Å²) in [5.41, 5.74) is 6.92. The molecule has 0 bridgehead atoms. The second-order valence-electron chi connectivity index (χ2n) is 8.12. The van der Waals surface area contributed by atoms with Crippen LogP contribution in [0.4, 0.5) is 0 Å². The van der Waals surface area contributed by atoms with Gasteiger partial charge < -0.3 is 10.3 Å². The van der Waals surface area contributed by atoms with Crippen LogP contribution in [0.2, 0.25) is 0 Å². The number of aryl methyl sites for hydroxylation is 2. The van der Waals surface area contributed by atoms with Crippen molar-refractivity contribution in [3.05, 3.63) is 83.2 Å². The van der Waals surface area contributed by atoms with E-state index in [0.29, 0.717) is 0 Å². The highest BCUT2D eigenvalue weighted by Gasteiger charge is 2.13. The van der Waals surface area contributed by atoms with Crippen molar-refractivity contribution in [3.8, 4) is 0 Å². The molecule has 2 heterocycles. The second-order valence-corrected chi connectivity index (χ2v) is 8.12. The van der Waals surface area contributed by atoms with Crippen LogP contribution in [0.3, 0.4) is 0 Å². The highest BCUT2D eigenvalue weighted by atomic mass is 16.1. The Kier molecular flexibility index (Phi) is 4.83. The lowest BCUT2D eigenvalue weighted by Gasteiger charge is -2.19. The predicted octanol–water partition coefficient (Wildman–Crippen LogP) is 5.49. The largest absolute Gasteiger partial charge is 0.353 e. The molecule has 1 aliphatic rings. The van der Waals surface area contributed by atoms with E-state index in [1.54, 1.807) is 12.2 Å². The van der Waals surface area contributed by atoms with Gasteiger partial charge in [0.2, 0.25) is 5.91 Å². The summed E-state index contributed by atoms with van der Waals surface area (Å²) in [4.78, 5) is 20.3. The first kappa shape index (κ1) is 18.6. The van der Waals surface area contributed by atoms with E-state index >= 15 is 0 Å². The van der Waals surface area contributed by atoms with Gasteiger partial charge in [0.25, 0.3) is 0 Å². The summed E-state index contributed by atoms with van der Waals surface area (Å²) in [5.74, 6) is -0.110. The maximum atomic E-state index is 12.5. The van der Waals surface area contributed by atoms with Gasteiger partial charge in [-0.2, -0.15) is 0 Å². The Hall–Kier alpha value is -3.40. The minimum atomic E-state index is -0.110. The number of carbonyl (C=O) groups excluding carboxylic acids is 1. The van der Waals surface area contributed by atoms with Crippen LogP contribution in [-0.4, -0.2) is 15.9 Å². The van der Waals surface area contributed by atoms with E-state index in [-0.39, 0.29) is 11.9 Å². The zero-order chi connectivity index (χ0) is 20.5. The molecule has 0 fully saturated rings. The van der Waals surface area contributed by atoms with Crippen LogP contribution in [-0.2, 0) is 17.6 Å². The summed E-state index contributed by atoms with van der Waals surface area (Å²) >= 11 is 0. The molecular weight excluding hydrogens is 370 g/mol. The first-order valence-electron chi connectivity index (χ1n) is 10.6. The molecule has 2 aromatic carbocycles. The Bertz CT molecular complexity index is 1270. The molecule has 2 N–H and O–H groups in total. The van der Waals surface area contributed by atoms with E-state index < -0.39 is 0 Å². The quantitative estimate of drug-likeness (QED) is 0.449. The summed E-state index contributed by atoms with van der Waals surface area (Å²) in [5, 5.41) is 5.35. The average molecular weight is 396 g/mol. The molecular formula is C26H25N3O. The molecule has 4 nitrogen and oxygen atoms in total. The number of amides is 1. The Morgan fingerprint density at radius 2 is 1.87 bits per heavy atom. The van der Waals surface area contributed by atoms with Gasteiger partial charge in [0, 0.05) is 22.4 Å². The molecule has 2 aromatic heterocycles. The Labute approximate surface area is 176 Å². The monoisotopic (exact) mass is 395 g/mol. The first-order valence-corrected chi connectivity index (χ1v) is 10.6. The van der Waals surface area contributed by atoms with Crippen molar-refractivity contribution >= 4 is 33.8 Å². The Balaban J connectivity index is 1.30. The molecule has 0 radical (unpaired) electrons. The molecule has 4 heteroatoms. The van der Waals surface area contributed by atoms with E-state index in [4.69, 9.17) is 0 Å². The number of pyridine rings is 1. The molecule has 0 aliphatic heterocycles. The minimum absolute atomic E-state index is 0.0292. The van der Waals surface area contributed by atoms with Crippen molar-refractivity contribution in [3.63, 3.8) is 0 Å². The van der Waals surface area contributed by atoms with Gasteiger partial charge in [-0.1, -0.05) is 36.4 Å². The highest BCUT2D eigenvalue weighted by Crippen LogP contribution is 2.26. The fourth-order valence-corrected chi connectivity index (χ4v) is 4.39. The number of nitrogens with zero attached hydrogens (tertiary/aromatic N) is 1. The van der Waals surface area contributed by atoms with Crippen LogP contribution in [0.5, 0.6) is 0 Å². The van der Waals surface area contributed by atoms with Gasteiger partial charge in [0.15, 0.2) is 0 Å².